The fourth-order valence-corrected chi connectivity index (χ4v) is 3.61. The lowest BCUT2D eigenvalue weighted by Gasteiger charge is -2.08. The van der Waals surface area contributed by atoms with Gasteiger partial charge in [0.2, 0.25) is 0 Å². The first kappa shape index (κ1) is 20.1. The predicted octanol–water partition coefficient (Wildman–Crippen LogP) is 5.96. The number of amides is 3. The van der Waals surface area contributed by atoms with Gasteiger partial charge in [-0.2, -0.15) is 0 Å². The lowest BCUT2D eigenvalue weighted by atomic mass is 10.2. The Balaban J connectivity index is 1.69. The van der Waals surface area contributed by atoms with E-state index in [0.717, 1.165) is 16.9 Å². The number of nitrogens with zero attached hydrogens (tertiary/aromatic N) is 1. The van der Waals surface area contributed by atoms with E-state index in [0.29, 0.717) is 37.1 Å². The first-order valence-electron chi connectivity index (χ1n) is 8.20. The van der Waals surface area contributed by atoms with Gasteiger partial charge in [0.1, 0.15) is 4.88 Å². The van der Waals surface area contributed by atoms with Gasteiger partial charge >= 0.3 is 6.03 Å². The Kier molecular flexibility index (Phi) is 6.18. The molecule has 1 heterocycles. The second-order valence-corrected chi connectivity index (χ2v) is 7.81. The molecule has 0 aliphatic carbocycles. The van der Waals surface area contributed by atoms with Crippen LogP contribution in [0.4, 0.5) is 21.3 Å². The van der Waals surface area contributed by atoms with Gasteiger partial charge in [-0.25, -0.2) is 9.78 Å². The number of urea groups is 1. The first-order chi connectivity index (χ1) is 13.3. The van der Waals surface area contributed by atoms with Crippen molar-refractivity contribution in [3.8, 4) is 0 Å². The minimum atomic E-state index is -0.478. The summed E-state index contributed by atoms with van der Waals surface area (Å²) in [4.78, 5) is 29.4. The van der Waals surface area contributed by atoms with Crippen LogP contribution < -0.4 is 16.0 Å². The van der Waals surface area contributed by atoms with Crippen molar-refractivity contribution in [2.75, 3.05) is 16.0 Å². The molecule has 0 bridgehead atoms. The molecule has 0 aliphatic rings. The van der Waals surface area contributed by atoms with Gasteiger partial charge in [-0.05, 0) is 49.7 Å². The van der Waals surface area contributed by atoms with E-state index in [2.05, 4.69) is 20.9 Å². The number of hydrogen-bond donors (Lipinski definition) is 3. The Hall–Kier alpha value is -2.61. The second kappa shape index (κ2) is 8.60. The summed E-state index contributed by atoms with van der Waals surface area (Å²) < 4.78 is 0. The standard InChI is InChI=1S/C19H16Cl2N4O2S/c1-10-6-7-13(21)9-15(10)24-17(26)16-11(2)22-19(28-16)25-18(27)23-14-5-3-4-12(20)8-14/h3-9H,1-2H3,(H,24,26)(H2,22,23,25,27). The number of benzene rings is 2. The van der Waals surface area contributed by atoms with Crippen LogP contribution in [0.5, 0.6) is 0 Å². The Morgan fingerprint density at radius 3 is 2.46 bits per heavy atom. The molecule has 3 aromatic rings. The molecule has 0 fully saturated rings. The van der Waals surface area contributed by atoms with Gasteiger partial charge in [0.25, 0.3) is 5.91 Å². The summed E-state index contributed by atoms with van der Waals surface area (Å²) >= 11 is 13.0. The Labute approximate surface area is 175 Å². The Bertz CT molecular complexity index is 1050. The molecule has 0 saturated heterocycles. The van der Waals surface area contributed by atoms with Crippen molar-refractivity contribution < 1.29 is 9.59 Å². The van der Waals surface area contributed by atoms with Crippen LogP contribution in [-0.2, 0) is 0 Å². The number of carbonyl (C=O) groups excluding carboxylic acids is 2. The first-order valence-corrected chi connectivity index (χ1v) is 9.77. The highest BCUT2D eigenvalue weighted by Gasteiger charge is 2.17. The minimum absolute atomic E-state index is 0.310. The lowest BCUT2D eigenvalue weighted by molar-refractivity contribution is 0.102. The van der Waals surface area contributed by atoms with Crippen molar-refractivity contribution in [2.24, 2.45) is 0 Å². The normalized spacial score (nSPS) is 10.4. The molecule has 3 amide bonds. The van der Waals surface area contributed by atoms with Gasteiger partial charge in [0.05, 0.1) is 5.69 Å². The monoisotopic (exact) mass is 434 g/mol. The molecule has 6 nitrogen and oxygen atoms in total. The Morgan fingerprint density at radius 1 is 0.964 bits per heavy atom. The average molecular weight is 435 g/mol. The van der Waals surface area contributed by atoms with E-state index in [-0.39, 0.29) is 5.91 Å². The van der Waals surface area contributed by atoms with Crippen molar-refractivity contribution in [1.82, 2.24) is 4.98 Å². The predicted molar refractivity (Wildman–Crippen MR) is 115 cm³/mol. The zero-order valence-electron chi connectivity index (χ0n) is 15.0. The van der Waals surface area contributed by atoms with Gasteiger partial charge in [0, 0.05) is 21.4 Å². The number of thiazole rings is 1. The van der Waals surface area contributed by atoms with Crippen LogP contribution in [0.25, 0.3) is 0 Å². The number of carbonyl (C=O) groups is 2. The molecule has 28 heavy (non-hydrogen) atoms. The van der Waals surface area contributed by atoms with E-state index < -0.39 is 6.03 Å². The molecule has 3 N–H and O–H groups in total. The highest BCUT2D eigenvalue weighted by atomic mass is 35.5. The molecule has 144 valence electrons. The average Bonchev–Trinajstić information content (AvgIpc) is 2.98. The van der Waals surface area contributed by atoms with Gasteiger partial charge in [-0.15, -0.1) is 0 Å². The molecule has 0 atom stereocenters. The van der Waals surface area contributed by atoms with Crippen molar-refractivity contribution >= 4 is 63.0 Å². The number of aryl methyl sites for hydroxylation is 2. The van der Waals surface area contributed by atoms with E-state index in [1.54, 1.807) is 43.3 Å². The van der Waals surface area contributed by atoms with Gasteiger partial charge in [-0.3, -0.25) is 10.1 Å². The van der Waals surface area contributed by atoms with Crippen LogP contribution in [0.3, 0.4) is 0 Å². The summed E-state index contributed by atoms with van der Waals surface area (Å²) in [5.74, 6) is -0.316. The number of hydrogen-bond acceptors (Lipinski definition) is 4. The zero-order valence-corrected chi connectivity index (χ0v) is 17.3. The number of anilines is 3. The number of halogens is 2. The molecule has 0 aliphatic heterocycles. The summed E-state index contributed by atoms with van der Waals surface area (Å²) in [6.45, 7) is 3.58. The van der Waals surface area contributed by atoms with Crippen LogP contribution >= 0.6 is 34.5 Å². The van der Waals surface area contributed by atoms with Crippen molar-refractivity contribution in [3.05, 3.63) is 68.6 Å². The molecule has 9 heteroatoms. The molecule has 2 aromatic carbocycles. The van der Waals surface area contributed by atoms with Gasteiger partial charge in [-0.1, -0.05) is 46.7 Å². The molecule has 0 spiro atoms. The van der Waals surface area contributed by atoms with E-state index in [9.17, 15) is 9.59 Å². The zero-order chi connectivity index (χ0) is 20.3. The number of nitrogens with one attached hydrogen (secondary N) is 3. The molecule has 0 radical (unpaired) electrons. The largest absolute Gasteiger partial charge is 0.325 e. The minimum Gasteiger partial charge on any atom is -0.321 e. The maximum Gasteiger partial charge on any atom is 0.325 e. The van der Waals surface area contributed by atoms with Crippen LogP contribution in [0.1, 0.15) is 20.9 Å². The lowest BCUT2D eigenvalue weighted by Crippen LogP contribution is -2.19. The van der Waals surface area contributed by atoms with E-state index >= 15 is 0 Å². The smallest absolute Gasteiger partial charge is 0.321 e. The summed E-state index contributed by atoms with van der Waals surface area (Å²) in [5, 5.41) is 9.46. The maximum atomic E-state index is 12.6. The van der Waals surface area contributed by atoms with E-state index in [1.807, 2.05) is 13.0 Å². The third kappa shape index (κ3) is 5.01. The summed E-state index contributed by atoms with van der Waals surface area (Å²) in [6, 6.07) is 11.6. The molecule has 0 unspecified atom stereocenters. The fraction of sp³-hybridized carbons (Fsp3) is 0.105. The van der Waals surface area contributed by atoms with Crippen LogP contribution in [-0.4, -0.2) is 16.9 Å². The molecular formula is C19H16Cl2N4O2S. The summed E-state index contributed by atoms with van der Waals surface area (Å²) in [6.07, 6.45) is 0. The van der Waals surface area contributed by atoms with Gasteiger partial charge in [0.15, 0.2) is 5.13 Å². The molecule has 3 rings (SSSR count). The Morgan fingerprint density at radius 2 is 1.71 bits per heavy atom. The van der Waals surface area contributed by atoms with Crippen molar-refractivity contribution in [1.29, 1.82) is 0 Å². The second-order valence-electron chi connectivity index (χ2n) is 5.94. The van der Waals surface area contributed by atoms with E-state index in [4.69, 9.17) is 23.2 Å². The molecule has 1 aromatic heterocycles. The summed E-state index contributed by atoms with van der Waals surface area (Å²) in [5.41, 5.74) is 2.57. The highest BCUT2D eigenvalue weighted by molar-refractivity contribution is 7.17. The summed E-state index contributed by atoms with van der Waals surface area (Å²) in [7, 11) is 0. The van der Waals surface area contributed by atoms with Crippen molar-refractivity contribution in [2.45, 2.75) is 13.8 Å². The highest BCUT2D eigenvalue weighted by Crippen LogP contribution is 2.26. The third-order valence-electron chi connectivity index (χ3n) is 3.75. The fourth-order valence-electron chi connectivity index (χ4n) is 2.39. The third-order valence-corrected chi connectivity index (χ3v) is 5.30. The van der Waals surface area contributed by atoms with Crippen LogP contribution in [0.2, 0.25) is 10.0 Å². The van der Waals surface area contributed by atoms with Crippen molar-refractivity contribution in [3.63, 3.8) is 0 Å². The topological polar surface area (TPSA) is 83.1 Å². The van der Waals surface area contributed by atoms with Crippen LogP contribution in [0.15, 0.2) is 42.5 Å². The number of aromatic nitrogens is 1. The van der Waals surface area contributed by atoms with Gasteiger partial charge < -0.3 is 10.6 Å². The molecule has 0 saturated carbocycles. The van der Waals surface area contributed by atoms with E-state index in [1.165, 1.54) is 0 Å². The number of rotatable bonds is 4. The maximum absolute atomic E-state index is 12.6. The molecular weight excluding hydrogens is 419 g/mol. The quantitative estimate of drug-likeness (QED) is 0.473. The van der Waals surface area contributed by atoms with Crippen LogP contribution in [0, 0.1) is 13.8 Å². The SMILES string of the molecule is Cc1ccc(Cl)cc1NC(=O)c1sc(NC(=O)Nc2cccc(Cl)c2)nc1C.